The number of benzene rings is 2. The Hall–Kier alpha value is -3.04. The highest BCUT2D eigenvalue weighted by Crippen LogP contribution is 2.37. The van der Waals surface area contributed by atoms with Crippen LogP contribution in [-0.4, -0.2) is 75.2 Å². The smallest absolute Gasteiger partial charge is 0.235 e. The Morgan fingerprint density at radius 2 is 1.79 bits per heavy atom. The van der Waals surface area contributed by atoms with Gasteiger partial charge in [-0.05, 0) is 43.8 Å². The third-order valence-corrected chi connectivity index (χ3v) is 7.07. The van der Waals surface area contributed by atoms with E-state index in [9.17, 15) is 4.79 Å². The number of carbonyl (C=O) groups excluding carboxylic acids is 1. The standard InChI is InChI=1S/C24H27N5O3S/c1-3-27-11-13-28(14-12-27)23(30)17(2)33-24-26-25-22(29(24)19-7-5-4-6-8-19)18-9-10-20-21(15-18)32-16-31-20/h4-10,15,17H,3,11-14,16H2,1-2H3/t17-/m0/s1. The van der Waals surface area contributed by atoms with Gasteiger partial charge in [0.2, 0.25) is 12.7 Å². The molecule has 1 saturated heterocycles. The number of fused-ring (bicyclic) bond motifs is 1. The fourth-order valence-electron chi connectivity index (χ4n) is 4.13. The lowest BCUT2D eigenvalue weighted by atomic mass is 10.2. The fourth-order valence-corrected chi connectivity index (χ4v) is 5.08. The first-order valence-corrected chi connectivity index (χ1v) is 12.1. The molecular weight excluding hydrogens is 438 g/mol. The Morgan fingerprint density at radius 3 is 2.55 bits per heavy atom. The Labute approximate surface area is 197 Å². The third-order valence-electron chi connectivity index (χ3n) is 6.04. The fraction of sp³-hybridized carbons (Fsp3) is 0.375. The van der Waals surface area contributed by atoms with Crippen LogP contribution in [0.4, 0.5) is 0 Å². The van der Waals surface area contributed by atoms with Crippen molar-refractivity contribution in [3.8, 4) is 28.6 Å². The van der Waals surface area contributed by atoms with Gasteiger partial charge in [0.05, 0.1) is 5.25 Å². The van der Waals surface area contributed by atoms with E-state index in [0.717, 1.165) is 49.7 Å². The molecule has 1 aromatic heterocycles. The van der Waals surface area contributed by atoms with Gasteiger partial charge >= 0.3 is 0 Å². The van der Waals surface area contributed by atoms with Gasteiger partial charge in [-0.3, -0.25) is 9.36 Å². The molecule has 8 nitrogen and oxygen atoms in total. The van der Waals surface area contributed by atoms with Crippen LogP contribution >= 0.6 is 11.8 Å². The third kappa shape index (κ3) is 4.43. The van der Waals surface area contributed by atoms with Crippen molar-refractivity contribution in [2.75, 3.05) is 39.5 Å². The van der Waals surface area contributed by atoms with Crippen LogP contribution in [-0.2, 0) is 4.79 Å². The van der Waals surface area contributed by atoms with Crippen LogP contribution in [0.2, 0.25) is 0 Å². The van der Waals surface area contributed by atoms with E-state index in [2.05, 4.69) is 22.0 Å². The summed E-state index contributed by atoms with van der Waals surface area (Å²) in [5, 5.41) is 9.39. The SMILES string of the molecule is CCN1CCN(C(=O)[C@H](C)Sc2nnc(-c3ccc4c(c3)OCO4)n2-c2ccccc2)CC1. The van der Waals surface area contributed by atoms with Crippen LogP contribution in [0.15, 0.2) is 53.7 Å². The predicted molar refractivity (Wildman–Crippen MR) is 127 cm³/mol. The van der Waals surface area contributed by atoms with Crippen LogP contribution in [0, 0.1) is 0 Å². The highest BCUT2D eigenvalue weighted by Gasteiger charge is 2.28. The van der Waals surface area contributed by atoms with Gasteiger partial charge in [-0.25, -0.2) is 0 Å². The van der Waals surface area contributed by atoms with Crippen molar-refractivity contribution in [1.29, 1.82) is 0 Å². The molecular formula is C24H27N5O3S. The summed E-state index contributed by atoms with van der Waals surface area (Å²) in [6.07, 6.45) is 0. The van der Waals surface area contributed by atoms with Crippen molar-refractivity contribution in [2.24, 2.45) is 0 Å². The summed E-state index contributed by atoms with van der Waals surface area (Å²) in [7, 11) is 0. The summed E-state index contributed by atoms with van der Waals surface area (Å²) in [4.78, 5) is 17.5. The second kappa shape index (κ2) is 9.44. The summed E-state index contributed by atoms with van der Waals surface area (Å²) >= 11 is 1.44. The molecule has 3 aromatic rings. The molecule has 0 bridgehead atoms. The van der Waals surface area contributed by atoms with Crippen LogP contribution in [0.5, 0.6) is 11.5 Å². The number of piperazine rings is 1. The van der Waals surface area contributed by atoms with Crippen molar-refractivity contribution in [1.82, 2.24) is 24.6 Å². The summed E-state index contributed by atoms with van der Waals surface area (Å²) < 4.78 is 13.0. The predicted octanol–water partition coefficient (Wildman–Crippen LogP) is 3.31. The van der Waals surface area contributed by atoms with Gasteiger partial charge in [-0.2, -0.15) is 0 Å². The molecule has 2 aromatic carbocycles. The molecule has 0 saturated carbocycles. The molecule has 1 amide bonds. The molecule has 9 heteroatoms. The number of para-hydroxylation sites is 1. The Morgan fingerprint density at radius 1 is 1.03 bits per heavy atom. The van der Waals surface area contributed by atoms with Gasteiger partial charge < -0.3 is 19.3 Å². The molecule has 172 valence electrons. The molecule has 33 heavy (non-hydrogen) atoms. The van der Waals surface area contributed by atoms with Crippen LogP contribution in [0.3, 0.4) is 0 Å². The molecule has 0 aliphatic carbocycles. The topological polar surface area (TPSA) is 72.7 Å². The molecule has 0 spiro atoms. The molecule has 1 atom stereocenters. The number of hydrogen-bond donors (Lipinski definition) is 0. The first kappa shape index (κ1) is 21.8. The second-order valence-corrected chi connectivity index (χ2v) is 9.37. The van der Waals surface area contributed by atoms with Crippen LogP contribution in [0.25, 0.3) is 17.1 Å². The van der Waals surface area contributed by atoms with E-state index in [1.54, 1.807) is 0 Å². The van der Waals surface area contributed by atoms with E-state index in [-0.39, 0.29) is 18.0 Å². The first-order chi connectivity index (χ1) is 16.1. The quantitative estimate of drug-likeness (QED) is 0.517. The Kier molecular flexibility index (Phi) is 6.24. The van der Waals surface area contributed by atoms with Crippen LogP contribution in [0.1, 0.15) is 13.8 Å². The van der Waals surface area contributed by atoms with Crippen molar-refractivity contribution >= 4 is 17.7 Å². The van der Waals surface area contributed by atoms with E-state index in [0.29, 0.717) is 16.7 Å². The van der Waals surface area contributed by atoms with Gasteiger partial charge in [0.15, 0.2) is 22.5 Å². The van der Waals surface area contributed by atoms with Gasteiger partial charge in [0.1, 0.15) is 0 Å². The molecule has 0 unspecified atom stereocenters. The average Bonchev–Trinajstić information content (AvgIpc) is 3.50. The van der Waals surface area contributed by atoms with Gasteiger partial charge in [0, 0.05) is 37.4 Å². The number of aromatic nitrogens is 3. The molecule has 1 fully saturated rings. The summed E-state index contributed by atoms with van der Waals surface area (Å²) in [5.74, 6) is 2.25. The highest BCUT2D eigenvalue weighted by atomic mass is 32.2. The maximum Gasteiger partial charge on any atom is 0.235 e. The van der Waals surface area contributed by atoms with Gasteiger partial charge in [-0.1, -0.05) is 36.9 Å². The maximum atomic E-state index is 13.1. The lowest BCUT2D eigenvalue weighted by Crippen LogP contribution is -2.50. The van der Waals surface area contributed by atoms with E-state index < -0.39 is 0 Å². The summed E-state index contributed by atoms with van der Waals surface area (Å²) in [6, 6.07) is 15.7. The number of rotatable bonds is 6. The average molecular weight is 466 g/mol. The maximum absolute atomic E-state index is 13.1. The zero-order valence-corrected chi connectivity index (χ0v) is 19.6. The number of carbonyl (C=O) groups is 1. The van der Waals surface area contributed by atoms with E-state index in [4.69, 9.17) is 9.47 Å². The van der Waals surface area contributed by atoms with Crippen molar-refractivity contribution in [2.45, 2.75) is 24.3 Å². The molecule has 2 aliphatic rings. The lowest BCUT2D eigenvalue weighted by Gasteiger charge is -2.35. The zero-order chi connectivity index (χ0) is 22.8. The summed E-state index contributed by atoms with van der Waals surface area (Å²) in [5.41, 5.74) is 1.81. The number of likely N-dealkylation sites (N-methyl/N-ethyl adjacent to an activating group) is 1. The van der Waals surface area contributed by atoms with Gasteiger partial charge in [-0.15, -0.1) is 10.2 Å². The largest absolute Gasteiger partial charge is 0.454 e. The molecule has 5 rings (SSSR count). The molecule has 3 heterocycles. The summed E-state index contributed by atoms with van der Waals surface area (Å²) in [6.45, 7) is 8.74. The number of hydrogen-bond acceptors (Lipinski definition) is 7. The molecule has 0 N–H and O–H groups in total. The minimum Gasteiger partial charge on any atom is -0.454 e. The number of nitrogens with zero attached hydrogens (tertiary/aromatic N) is 5. The monoisotopic (exact) mass is 465 g/mol. The van der Waals surface area contributed by atoms with E-state index >= 15 is 0 Å². The molecule has 2 aliphatic heterocycles. The number of amides is 1. The normalized spacial score (nSPS) is 16.7. The zero-order valence-electron chi connectivity index (χ0n) is 18.8. The van der Waals surface area contributed by atoms with Crippen molar-refractivity contribution < 1.29 is 14.3 Å². The Bertz CT molecular complexity index is 1130. The van der Waals surface area contributed by atoms with E-state index in [1.807, 2.05) is 64.9 Å². The molecule has 0 radical (unpaired) electrons. The minimum atomic E-state index is -0.269. The van der Waals surface area contributed by atoms with Crippen molar-refractivity contribution in [3.63, 3.8) is 0 Å². The van der Waals surface area contributed by atoms with E-state index in [1.165, 1.54) is 11.8 Å². The highest BCUT2D eigenvalue weighted by molar-refractivity contribution is 8.00. The van der Waals surface area contributed by atoms with Crippen molar-refractivity contribution in [3.05, 3.63) is 48.5 Å². The number of ether oxygens (including phenoxy) is 2. The second-order valence-electron chi connectivity index (χ2n) is 8.06. The Balaban J connectivity index is 1.42. The van der Waals surface area contributed by atoms with Crippen LogP contribution < -0.4 is 9.47 Å². The lowest BCUT2D eigenvalue weighted by molar-refractivity contribution is -0.132. The van der Waals surface area contributed by atoms with Gasteiger partial charge in [0.25, 0.3) is 0 Å². The number of thioether (sulfide) groups is 1. The first-order valence-electron chi connectivity index (χ1n) is 11.2. The minimum absolute atomic E-state index is 0.142.